The second-order valence-electron chi connectivity index (χ2n) is 11.4. The SMILES string of the molecule is CCCCCCCCCCCCCCCCCCNC(=O)OCC1(COP(=O)(O)OCC[n+]2cscc2[O-])CCCO1. The van der Waals surface area contributed by atoms with E-state index in [9.17, 15) is 19.4 Å². The van der Waals surface area contributed by atoms with Crippen molar-refractivity contribution in [3.05, 3.63) is 10.9 Å². The topological polar surface area (TPSA) is 130 Å². The summed E-state index contributed by atoms with van der Waals surface area (Å²) < 4.78 is 34.9. The van der Waals surface area contributed by atoms with Crippen LogP contribution in [0.4, 0.5) is 4.79 Å². The van der Waals surface area contributed by atoms with E-state index in [1.807, 2.05) is 0 Å². The van der Waals surface area contributed by atoms with E-state index in [0.29, 0.717) is 19.6 Å². The van der Waals surface area contributed by atoms with E-state index in [1.165, 1.54) is 111 Å². The number of phosphoric ester groups is 1. The first kappa shape index (κ1) is 37.0. The monoisotopic (exact) mass is 634 g/mol. The van der Waals surface area contributed by atoms with E-state index in [4.69, 9.17) is 18.5 Å². The molecule has 1 aromatic heterocycles. The van der Waals surface area contributed by atoms with Crippen molar-refractivity contribution in [1.82, 2.24) is 5.32 Å². The smallest absolute Gasteiger partial charge is 0.472 e. The second kappa shape index (κ2) is 22.3. The molecule has 2 rings (SSSR count). The molecule has 1 aliphatic heterocycles. The minimum absolute atomic E-state index is 0.0813. The van der Waals surface area contributed by atoms with Gasteiger partial charge in [0.05, 0.1) is 12.0 Å². The van der Waals surface area contributed by atoms with Crippen molar-refractivity contribution < 1.29 is 42.4 Å². The Bertz CT molecular complexity index is 881. The van der Waals surface area contributed by atoms with Gasteiger partial charge >= 0.3 is 13.9 Å². The molecule has 2 unspecified atom stereocenters. The van der Waals surface area contributed by atoms with Crippen molar-refractivity contribution in [2.45, 2.75) is 135 Å². The molecule has 2 N–H and O–H groups in total. The highest BCUT2D eigenvalue weighted by molar-refractivity contribution is 7.47. The summed E-state index contributed by atoms with van der Waals surface area (Å²) >= 11 is 1.24. The molecule has 12 heteroatoms. The third-order valence-electron chi connectivity index (χ3n) is 7.67. The highest BCUT2D eigenvalue weighted by Crippen LogP contribution is 2.45. The van der Waals surface area contributed by atoms with Crippen LogP contribution in [0.25, 0.3) is 0 Å². The Morgan fingerprint density at radius 2 is 1.60 bits per heavy atom. The van der Waals surface area contributed by atoms with Crippen LogP contribution in [-0.2, 0) is 29.6 Å². The van der Waals surface area contributed by atoms with E-state index in [1.54, 1.807) is 5.51 Å². The molecule has 1 amide bonds. The molecule has 244 valence electrons. The molecule has 1 aliphatic rings. The number of aromatic nitrogens is 1. The fraction of sp³-hybridized carbons (Fsp3) is 0.867. The summed E-state index contributed by atoms with van der Waals surface area (Å²) in [5, 5.41) is 15.8. The minimum Gasteiger partial charge on any atom is -0.823 e. The fourth-order valence-electron chi connectivity index (χ4n) is 5.07. The van der Waals surface area contributed by atoms with Crippen LogP contribution in [0, 0.1) is 0 Å². The summed E-state index contributed by atoms with van der Waals surface area (Å²) in [6, 6.07) is 0. The van der Waals surface area contributed by atoms with Crippen molar-refractivity contribution in [3.63, 3.8) is 0 Å². The standard InChI is InChI=1S/C30H55N2O8PS/c1-2-3-4-5-6-7-8-9-10-11-12-13-14-15-16-17-20-31-29(34)37-25-30(19-18-22-38-30)26-40-41(35,36)39-23-21-32-27-42-24-28(32)33/h24,27H,2-23,25-26H2,1H3,(H2-,31,33,34,35,36). The molecular weight excluding hydrogens is 579 g/mol. The molecule has 0 aromatic carbocycles. The summed E-state index contributed by atoms with van der Waals surface area (Å²) in [5.74, 6) is -0.194. The average molecular weight is 635 g/mol. The van der Waals surface area contributed by atoms with E-state index >= 15 is 0 Å². The molecule has 0 spiro atoms. The number of phosphoric acid groups is 1. The number of ether oxygens (including phenoxy) is 2. The maximum atomic E-state index is 12.3. The molecule has 2 heterocycles. The summed E-state index contributed by atoms with van der Waals surface area (Å²) in [5.41, 5.74) is 0.622. The van der Waals surface area contributed by atoms with Crippen LogP contribution in [0.2, 0.25) is 0 Å². The van der Waals surface area contributed by atoms with Gasteiger partial charge in [0, 0.05) is 13.2 Å². The van der Waals surface area contributed by atoms with Crippen molar-refractivity contribution >= 4 is 25.3 Å². The number of unbranched alkanes of at least 4 members (excludes halogenated alkanes) is 15. The number of carbonyl (C=O) groups is 1. The summed E-state index contributed by atoms with van der Waals surface area (Å²) in [4.78, 5) is 22.2. The van der Waals surface area contributed by atoms with Gasteiger partial charge < -0.3 is 24.8 Å². The van der Waals surface area contributed by atoms with Crippen LogP contribution >= 0.6 is 19.2 Å². The number of rotatable bonds is 26. The van der Waals surface area contributed by atoms with E-state index in [-0.39, 0.29) is 32.2 Å². The van der Waals surface area contributed by atoms with Gasteiger partial charge in [-0.15, -0.1) is 0 Å². The lowest BCUT2D eigenvalue weighted by atomic mass is 10.0. The number of nitrogens with one attached hydrogen (secondary N) is 1. The number of hydrogen-bond donors (Lipinski definition) is 2. The fourth-order valence-corrected chi connectivity index (χ4v) is 6.53. The molecule has 1 aromatic rings. The Kier molecular flexibility index (Phi) is 19.6. The third-order valence-corrected chi connectivity index (χ3v) is 9.35. The molecule has 0 bridgehead atoms. The molecule has 10 nitrogen and oxygen atoms in total. The van der Waals surface area contributed by atoms with Gasteiger partial charge in [-0.2, -0.15) is 4.57 Å². The van der Waals surface area contributed by atoms with Gasteiger partial charge in [0.15, 0.2) is 12.4 Å². The Balaban J connectivity index is 1.45. The Labute approximate surface area is 257 Å². The maximum Gasteiger partial charge on any atom is 0.472 e. The van der Waals surface area contributed by atoms with Gasteiger partial charge in [-0.1, -0.05) is 115 Å². The molecule has 0 radical (unpaired) electrons. The van der Waals surface area contributed by atoms with E-state index < -0.39 is 19.5 Å². The normalized spacial score (nSPS) is 18.2. The molecule has 0 aliphatic carbocycles. The minimum atomic E-state index is -4.36. The van der Waals surface area contributed by atoms with Crippen LogP contribution in [0.3, 0.4) is 0 Å². The van der Waals surface area contributed by atoms with Crippen LogP contribution in [0.5, 0.6) is 5.88 Å². The van der Waals surface area contributed by atoms with E-state index in [0.717, 1.165) is 19.3 Å². The lowest BCUT2D eigenvalue weighted by Gasteiger charge is -2.28. The lowest BCUT2D eigenvalue weighted by molar-refractivity contribution is -0.731. The molecule has 1 saturated heterocycles. The van der Waals surface area contributed by atoms with Gasteiger partial charge in [-0.3, -0.25) is 9.05 Å². The maximum absolute atomic E-state index is 12.3. The second-order valence-corrected chi connectivity index (χ2v) is 13.6. The largest absolute Gasteiger partial charge is 0.823 e. The molecule has 0 saturated carbocycles. The number of nitrogens with zero attached hydrogens (tertiary/aromatic N) is 1. The van der Waals surface area contributed by atoms with Crippen LogP contribution in [-0.4, -0.2) is 49.6 Å². The zero-order valence-electron chi connectivity index (χ0n) is 25.7. The van der Waals surface area contributed by atoms with Crippen molar-refractivity contribution in [2.75, 3.05) is 33.0 Å². The Hall–Kier alpha value is -1.23. The first-order valence-corrected chi connectivity index (χ1v) is 18.6. The molecular formula is C30H55N2O8PS. The Morgan fingerprint density at radius 3 is 2.12 bits per heavy atom. The first-order chi connectivity index (χ1) is 20.4. The zero-order valence-corrected chi connectivity index (χ0v) is 27.4. The first-order valence-electron chi connectivity index (χ1n) is 16.1. The van der Waals surface area contributed by atoms with Crippen LogP contribution in [0.15, 0.2) is 10.9 Å². The predicted octanol–water partition coefficient (Wildman–Crippen LogP) is 6.78. The molecule has 2 atom stereocenters. The number of alkyl carbamates (subject to hydrolysis) is 1. The number of hydrogen-bond acceptors (Lipinski definition) is 8. The average Bonchev–Trinajstić information content (AvgIpc) is 3.62. The lowest BCUT2D eigenvalue weighted by Crippen LogP contribution is -2.41. The van der Waals surface area contributed by atoms with Gasteiger partial charge in [-0.25, -0.2) is 9.36 Å². The van der Waals surface area contributed by atoms with Gasteiger partial charge in [0.2, 0.25) is 5.51 Å². The summed E-state index contributed by atoms with van der Waals surface area (Å²) in [6.07, 6.45) is 21.6. The predicted molar refractivity (Wildman–Crippen MR) is 163 cm³/mol. The Morgan fingerprint density at radius 1 is 1.00 bits per heavy atom. The van der Waals surface area contributed by atoms with Gasteiger partial charge in [0.1, 0.15) is 18.8 Å². The van der Waals surface area contributed by atoms with Crippen molar-refractivity contribution in [3.8, 4) is 5.88 Å². The van der Waals surface area contributed by atoms with Crippen molar-refractivity contribution in [2.24, 2.45) is 0 Å². The number of thiazole rings is 1. The number of amides is 1. The molecule has 1 fully saturated rings. The van der Waals surface area contributed by atoms with Crippen molar-refractivity contribution in [1.29, 1.82) is 0 Å². The summed E-state index contributed by atoms with van der Waals surface area (Å²) in [6.45, 7) is 2.92. The third kappa shape index (κ3) is 17.2. The van der Waals surface area contributed by atoms with E-state index in [2.05, 4.69) is 12.2 Å². The zero-order chi connectivity index (χ0) is 30.4. The van der Waals surface area contributed by atoms with Crippen LogP contribution in [0.1, 0.15) is 122 Å². The van der Waals surface area contributed by atoms with Gasteiger partial charge in [0.25, 0.3) is 0 Å². The highest BCUT2D eigenvalue weighted by Gasteiger charge is 2.40. The van der Waals surface area contributed by atoms with Crippen LogP contribution < -0.4 is 15.0 Å². The molecule has 42 heavy (non-hydrogen) atoms. The van der Waals surface area contributed by atoms with Gasteiger partial charge in [-0.05, 0) is 19.3 Å². The highest BCUT2D eigenvalue weighted by atomic mass is 32.1. The number of carbonyl (C=O) groups excluding carboxylic acids is 1. The quantitative estimate of drug-likeness (QED) is 0.0648. The summed E-state index contributed by atoms with van der Waals surface area (Å²) in [7, 11) is -4.36.